The fourth-order valence-corrected chi connectivity index (χ4v) is 2.09. The fourth-order valence-electron chi connectivity index (χ4n) is 2.09. The molecule has 17 heavy (non-hydrogen) atoms. The van der Waals surface area contributed by atoms with E-state index in [4.69, 9.17) is 4.42 Å². The molecular formula is C14H19NO2. The van der Waals surface area contributed by atoms with Crippen LogP contribution in [0.25, 0.3) is 11.0 Å². The van der Waals surface area contributed by atoms with Crippen LogP contribution in [0.5, 0.6) is 0 Å². The van der Waals surface area contributed by atoms with Crippen molar-refractivity contribution >= 4 is 11.0 Å². The van der Waals surface area contributed by atoms with Gasteiger partial charge in [-0.15, -0.1) is 0 Å². The summed E-state index contributed by atoms with van der Waals surface area (Å²) in [5.41, 5.74) is 2.84. The zero-order valence-corrected chi connectivity index (χ0v) is 10.8. The molecule has 1 aromatic heterocycles. The van der Waals surface area contributed by atoms with Gasteiger partial charge in [-0.25, -0.2) is 0 Å². The van der Waals surface area contributed by atoms with Crippen molar-refractivity contribution in [3.8, 4) is 0 Å². The zero-order chi connectivity index (χ0) is 12.6. The minimum absolute atomic E-state index is 0.515. The van der Waals surface area contributed by atoms with E-state index in [-0.39, 0.29) is 0 Å². The molecule has 0 saturated carbocycles. The van der Waals surface area contributed by atoms with Gasteiger partial charge < -0.3 is 14.4 Å². The van der Waals surface area contributed by atoms with Crippen LogP contribution < -0.4 is 0 Å². The maximum absolute atomic E-state index is 10.2. The number of aliphatic hydroxyl groups excluding tert-OH is 1. The van der Waals surface area contributed by atoms with E-state index in [1.807, 2.05) is 51.0 Å². The molecule has 0 amide bonds. The van der Waals surface area contributed by atoms with Crippen molar-refractivity contribution in [2.75, 3.05) is 20.6 Å². The molecule has 0 radical (unpaired) electrons. The standard InChI is InChI=1S/C14H19NO2/c1-9-10(2)17-14-11(9)6-5-7-12(14)13(16)8-15(3)4/h5-7,13,16H,8H2,1-4H3. The van der Waals surface area contributed by atoms with E-state index in [2.05, 4.69) is 0 Å². The second kappa shape index (κ2) is 4.51. The molecule has 0 aliphatic heterocycles. The average Bonchev–Trinajstić information content (AvgIpc) is 2.54. The summed E-state index contributed by atoms with van der Waals surface area (Å²) in [5.74, 6) is 0.921. The van der Waals surface area contributed by atoms with Gasteiger partial charge in [-0.2, -0.15) is 0 Å². The summed E-state index contributed by atoms with van der Waals surface area (Å²) in [6.07, 6.45) is -0.515. The highest BCUT2D eigenvalue weighted by Gasteiger charge is 2.16. The maximum atomic E-state index is 10.2. The fraction of sp³-hybridized carbons (Fsp3) is 0.429. The predicted molar refractivity (Wildman–Crippen MR) is 69.2 cm³/mol. The Labute approximate surface area is 102 Å². The number of benzene rings is 1. The number of fused-ring (bicyclic) bond motifs is 1. The SMILES string of the molecule is Cc1oc2c(C(O)CN(C)C)cccc2c1C. The van der Waals surface area contributed by atoms with Crippen LogP contribution in [0.4, 0.5) is 0 Å². The highest BCUT2D eigenvalue weighted by Crippen LogP contribution is 2.30. The number of hydrogen-bond acceptors (Lipinski definition) is 3. The molecule has 3 nitrogen and oxygen atoms in total. The largest absolute Gasteiger partial charge is 0.461 e. The van der Waals surface area contributed by atoms with Crippen molar-refractivity contribution in [3.05, 3.63) is 35.1 Å². The number of hydrogen-bond donors (Lipinski definition) is 1. The third kappa shape index (κ3) is 2.21. The Balaban J connectivity index is 2.51. The molecule has 1 heterocycles. The van der Waals surface area contributed by atoms with E-state index in [1.165, 1.54) is 0 Å². The molecule has 2 aromatic rings. The molecule has 0 fully saturated rings. The van der Waals surface area contributed by atoms with Crippen LogP contribution in [0.3, 0.4) is 0 Å². The van der Waals surface area contributed by atoms with E-state index >= 15 is 0 Å². The summed E-state index contributed by atoms with van der Waals surface area (Å²) in [5, 5.41) is 11.3. The van der Waals surface area contributed by atoms with Crippen molar-refractivity contribution in [1.29, 1.82) is 0 Å². The predicted octanol–water partition coefficient (Wildman–Crippen LogP) is 2.64. The number of likely N-dealkylation sites (N-methyl/N-ethyl adjacent to an activating group) is 1. The summed E-state index contributed by atoms with van der Waals surface area (Å²) in [6, 6.07) is 5.93. The Bertz CT molecular complexity index is 528. The van der Waals surface area contributed by atoms with Crippen LogP contribution in [0.2, 0.25) is 0 Å². The molecule has 0 saturated heterocycles. The van der Waals surface area contributed by atoms with E-state index in [9.17, 15) is 5.11 Å². The van der Waals surface area contributed by atoms with Crippen LogP contribution in [-0.2, 0) is 0 Å². The van der Waals surface area contributed by atoms with Gasteiger partial charge in [-0.05, 0) is 33.5 Å². The van der Waals surface area contributed by atoms with Crippen LogP contribution in [0.15, 0.2) is 22.6 Å². The first-order chi connectivity index (χ1) is 8.00. The number of aliphatic hydroxyl groups is 1. The van der Waals surface area contributed by atoms with Crippen molar-refractivity contribution in [1.82, 2.24) is 4.90 Å². The lowest BCUT2D eigenvalue weighted by atomic mass is 10.0. The molecule has 0 bridgehead atoms. The van der Waals surface area contributed by atoms with Gasteiger partial charge in [0.05, 0.1) is 6.10 Å². The molecule has 1 N–H and O–H groups in total. The van der Waals surface area contributed by atoms with Gasteiger partial charge in [0.15, 0.2) is 0 Å². The Morgan fingerprint density at radius 2 is 2.00 bits per heavy atom. The Hall–Kier alpha value is -1.32. The van der Waals surface area contributed by atoms with E-state index in [0.717, 1.165) is 27.9 Å². The van der Waals surface area contributed by atoms with Crippen LogP contribution in [0, 0.1) is 13.8 Å². The molecule has 0 spiro atoms. The summed E-state index contributed by atoms with van der Waals surface area (Å²) in [7, 11) is 3.89. The molecule has 2 rings (SSSR count). The van der Waals surface area contributed by atoms with Gasteiger partial charge in [0, 0.05) is 17.5 Å². The summed E-state index contributed by atoms with van der Waals surface area (Å²) < 4.78 is 5.75. The summed E-state index contributed by atoms with van der Waals surface area (Å²) in [6.45, 7) is 4.60. The van der Waals surface area contributed by atoms with Crippen LogP contribution in [0.1, 0.15) is 23.0 Å². The second-order valence-electron chi connectivity index (χ2n) is 4.79. The number of aryl methyl sites for hydroxylation is 2. The lowest BCUT2D eigenvalue weighted by molar-refractivity contribution is 0.138. The monoisotopic (exact) mass is 233 g/mol. The molecule has 1 aromatic carbocycles. The van der Waals surface area contributed by atoms with Crippen LogP contribution >= 0.6 is 0 Å². The van der Waals surface area contributed by atoms with E-state index in [1.54, 1.807) is 0 Å². The molecule has 1 atom stereocenters. The normalized spacial score (nSPS) is 13.5. The first-order valence-electron chi connectivity index (χ1n) is 5.82. The van der Waals surface area contributed by atoms with Crippen molar-refractivity contribution < 1.29 is 9.52 Å². The Morgan fingerprint density at radius 1 is 1.29 bits per heavy atom. The molecular weight excluding hydrogens is 214 g/mol. The zero-order valence-electron chi connectivity index (χ0n) is 10.8. The van der Waals surface area contributed by atoms with Gasteiger partial charge >= 0.3 is 0 Å². The number of rotatable bonds is 3. The molecule has 3 heteroatoms. The second-order valence-corrected chi connectivity index (χ2v) is 4.79. The highest BCUT2D eigenvalue weighted by atomic mass is 16.3. The topological polar surface area (TPSA) is 36.6 Å². The molecule has 92 valence electrons. The summed E-state index contributed by atoms with van der Waals surface area (Å²) in [4.78, 5) is 1.96. The summed E-state index contributed by atoms with van der Waals surface area (Å²) >= 11 is 0. The average molecular weight is 233 g/mol. The smallest absolute Gasteiger partial charge is 0.140 e. The van der Waals surface area contributed by atoms with Crippen molar-refractivity contribution in [2.24, 2.45) is 0 Å². The van der Waals surface area contributed by atoms with Gasteiger partial charge in [0.25, 0.3) is 0 Å². The third-order valence-corrected chi connectivity index (χ3v) is 3.13. The molecule has 0 aliphatic carbocycles. The van der Waals surface area contributed by atoms with Gasteiger partial charge in [0.2, 0.25) is 0 Å². The lowest BCUT2D eigenvalue weighted by Gasteiger charge is -2.16. The van der Waals surface area contributed by atoms with E-state index in [0.29, 0.717) is 6.54 Å². The van der Waals surface area contributed by atoms with Gasteiger partial charge in [-0.3, -0.25) is 0 Å². The highest BCUT2D eigenvalue weighted by molar-refractivity contribution is 5.85. The van der Waals surface area contributed by atoms with Crippen molar-refractivity contribution in [2.45, 2.75) is 20.0 Å². The van der Waals surface area contributed by atoms with E-state index < -0.39 is 6.10 Å². The molecule has 1 unspecified atom stereocenters. The molecule has 0 aliphatic rings. The number of para-hydroxylation sites is 1. The third-order valence-electron chi connectivity index (χ3n) is 3.13. The van der Waals surface area contributed by atoms with Gasteiger partial charge in [-0.1, -0.05) is 18.2 Å². The minimum atomic E-state index is -0.515. The first-order valence-corrected chi connectivity index (χ1v) is 5.82. The maximum Gasteiger partial charge on any atom is 0.140 e. The van der Waals surface area contributed by atoms with Gasteiger partial charge in [0.1, 0.15) is 11.3 Å². The Morgan fingerprint density at radius 3 is 2.65 bits per heavy atom. The number of furan rings is 1. The lowest BCUT2D eigenvalue weighted by Crippen LogP contribution is -2.20. The Kier molecular flexibility index (Phi) is 3.22. The minimum Gasteiger partial charge on any atom is -0.461 e. The van der Waals surface area contributed by atoms with Crippen molar-refractivity contribution in [3.63, 3.8) is 0 Å². The number of nitrogens with zero attached hydrogens (tertiary/aromatic N) is 1. The quantitative estimate of drug-likeness (QED) is 0.885. The first kappa shape index (κ1) is 12.1. The van der Waals surface area contributed by atoms with Crippen LogP contribution in [-0.4, -0.2) is 30.6 Å².